The second kappa shape index (κ2) is 5.62. The van der Waals surface area contributed by atoms with Crippen LogP contribution in [0.2, 0.25) is 0 Å². The molecule has 1 aliphatic heterocycles. The minimum absolute atomic E-state index is 0.0724. The van der Waals surface area contributed by atoms with E-state index in [0.717, 1.165) is 0 Å². The van der Waals surface area contributed by atoms with Crippen LogP contribution in [0.4, 0.5) is 11.4 Å². The number of rotatable bonds is 3. The molecule has 1 aliphatic rings. The summed E-state index contributed by atoms with van der Waals surface area (Å²) in [4.78, 5) is 11.2. The Morgan fingerprint density at radius 1 is 1.32 bits per heavy atom. The highest BCUT2D eigenvalue weighted by Gasteiger charge is 2.37. The van der Waals surface area contributed by atoms with Gasteiger partial charge in [-0.25, -0.2) is 0 Å². The zero-order valence-corrected chi connectivity index (χ0v) is 10.4. The van der Waals surface area contributed by atoms with Gasteiger partial charge in [0.15, 0.2) is 13.3 Å². The van der Waals surface area contributed by atoms with Crippen molar-refractivity contribution in [3.8, 4) is 0 Å². The van der Waals surface area contributed by atoms with Gasteiger partial charge in [-0.3, -0.25) is 0 Å². The highest BCUT2D eigenvalue weighted by molar-refractivity contribution is 5.51. The molecule has 104 valence electrons. The topological polar surface area (TPSA) is 102 Å². The molecule has 0 aliphatic carbocycles. The number of hydrogen-bond acceptors (Lipinski definition) is 6. The van der Waals surface area contributed by atoms with Crippen LogP contribution in [-0.2, 0) is 4.74 Å². The standard InChI is InChI=1S/C12H17N2O5/c1-14(18)8-4-2-3-7(5-8)13-12-11(17)10(16)9(15)6-19-12/h2-5,9-13,15-17H,6H2,1H3/q+1. The van der Waals surface area contributed by atoms with E-state index >= 15 is 0 Å². The lowest BCUT2D eigenvalue weighted by Gasteiger charge is -2.35. The number of benzene rings is 1. The highest BCUT2D eigenvalue weighted by atomic mass is 16.5. The molecule has 2 rings (SSSR count). The van der Waals surface area contributed by atoms with Crippen LogP contribution < -0.4 is 5.32 Å². The predicted octanol–water partition coefficient (Wildman–Crippen LogP) is -0.422. The van der Waals surface area contributed by atoms with E-state index in [0.29, 0.717) is 16.1 Å². The van der Waals surface area contributed by atoms with E-state index in [2.05, 4.69) is 5.32 Å². The minimum Gasteiger partial charge on any atom is -0.388 e. The lowest BCUT2D eigenvalue weighted by atomic mass is 10.0. The van der Waals surface area contributed by atoms with Gasteiger partial charge >= 0.3 is 0 Å². The molecule has 4 N–H and O–H groups in total. The summed E-state index contributed by atoms with van der Waals surface area (Å²) < 4.78 is 5.92. The average molecular weight is 269 g/mol. The van der Waals surface area contributed by atoms with E-state index in [1.807, 2.05) is 0 Å². The van der Waals surface area contributed by atoms with Gasteiger partial charge in [-0.15, -0.1) is 0 Å². The maximum absolute atomic E-state index is 11.2. The van der Waals surface area contributed by atoms with Crippen LogP contribution in [0.15, 0.2) is 24.3 Å². The molecular formula is C12H17N2O5+. The lowest BCUT2D eigenvalue weighted by molar-refractivity contribution is -0.428. The first-order valence-corrected chi connectivity index (χ1v) is 5.92. The zero-order chi connectivity index (χ0) is 14.0. The van der Waals surface area contributed by atoms with E-state index in [1.165, 1.54) is 7.05 Å². The second-order valence-electron chi connectivity index (χ2n) is 4.49. The van der Waals surface area contributed by atoms with Gasteiger partial charge in [0.1, 0.15) is 18.3 Å². The molecule has 0 spiro atoms. The van der Waals surface area contributed by atoms with Gasteiger partial charge in [0.25, 0.3) is 5.69 Å². The third kappa shape index (κ3) is 3.07. The highest BCUT2D eigenvalue weighted by Crippen LogP contribution is 2.21. The normalized spacial score (nSPS) is 30.9. The monoisotopic (exact) mass is 269 g/mol. The summed E-state index contributed by atoms with van der Waals surface area (Å²) in [6, 6.07) is 6.64. The average Bonchev–Trinajstić information content (AvgIpc) is 2.40. The van der Waals surface area contributed by atoms with Crippen molar-refractivity contribution in [2.75, 3.05) is 19.0 Å². The van der Waals surface area contributed by atoms with Crippen molar-refractivity contribution in [1.29, 1.82) is 0 Å². The molecule has 0 saturated carbocycles. The number of anilines is 1. The van der Waals surface area contributed by atoms with Crippen molar-refractivity contribution in [3.05, 3.63) is 29.2 Å². The number of nitrogens with one attached hydrogen (secondary N) is 1. The molecule has 1 aromatic rings. The van der Waals surface area contributed by atoms with Crippen LogP contribution in [0.3, 0.4) is 0 Å². The molecule has 1 fully saturated rings. The zero-order valence-electron chi connectivity index (χ0n) is 10.4. The molecule has 7 nitrogen and oxygen atoms in total. The van der Waals surface area contributed by atoms with Gasteiger partial charge in [-0.2, -0.15) is 0 Å². The van der Waals surface area contributed by atoms with Gasteiger partial charge in [0, 0.05) is 27.5 Å². The predicted molar refractivity (Wildman–Crippen MR) is 67.0 cm³/mol. The van der Waals surface area contributed by atoms with Crippen LogP contribution in [0, 0.1) is 4.91 Å². The smallest absolute Gasteiger partial charge is 0.257 e. The molecule has 1 saturated heterocycles. The van der Waals surface area contributed by atoms with Gasteiger partial charge in [0.2, 0.25) is 0 Å². The molecule has 0 bridgehead atoms. The number of hydrogen-bond donors (Lipinski definition) is 4. The fourth-order valence-corrected chi connectivity index (χ4v) is 1.89. The summed E-state index contributed by atoms with van der Waals surface area (Å²) in [5.41, 5.74) is 1.03. The largest absolute Gasteiger partial charge is 0.388 e. The number of nitrogens with zero attached hydrogens (tertiary/aromatic N) is 1. The molecule has 1 heterocycles. The van der Waals surface area contributed by atoms with E-state index in [4.69, 9.17) is 4.74 Å². The maximum Gasteiger partial charge on any atom is 0.257 e. The number of nitroso groups, excluding NO2 is 1. The van der Waals surface area contributed by atoms with Crippen LogP contribution in [-0.4, -0.2) is 58.3 Å². The molecule has 4 atom stereocenters. The Labute approximate surface area is 110 Å². The summed E-state index contributed by atoms with van der Waals surface area (Å²) in [6.07, 6.45) is -4.47. The molecule has 4 unspecified atom stereocenters. The Balaban J connectivity index is 2.09. The molecule has 1 aromatic carbocycles. The first-order valence-electron chi connectivity index (χ1n) is 5.92. The van der Waals surface area contributed by atoms with Crippen LogP contribution in [0.5, 0.6) is 0 Å². The SMILES string of the molecule is C[N+](=O)c1cccc(NC2OCC(O)C(O)C2O)c1. The van der Waals surface area contributed by atoms with Crippen molar-refractivity contribution in [2.24, 2.45) is 0 Å². The summed E-state index contributed by atoms with van der Waals surface area (Å²) >= 11 is 0. The van der Waals surface area contributed by atoms with Crippen molar-refractivity contribution in [3.63, 3.8) is 0 Å². The molecule has 7 heteroatoms. The minimum atomic E-state index is -1.27. The summed E-state index contributed by atoms with van der Waals surface area (Å²) in [6.45, 7) is -0.0724. The molecule has 19 heavy (non-hydrogen) atoms. The Bertz CT molecular complexity index is 467. The first-order chi connectivity index (χ1) is 8.99. The second-order valence-corrected chi connectivity index (χ2v) is 4.49. The number of ether oxygens (including phenoxy) is 1. The number of aliphatic hydroxyl groups is 3. The summed E-state index contributed by atoms with van der Waals surface area (Å²) in [5.74, 6) is 0. The lowest BCUT2D eigenvalue weighted by Crippen LogP contribution is -2.55. The first kappa shape index (κ1) is 13.9. The van der Waals surface area contributed by atoms with Crippen molar-refractivity contribution in [2.45, 2.75) is 24.5 Å². The Kier molecular flexibility index (Phi) is 4.11. The van der Waals surface area contributed by atoms with Crippen LogP contribution in [0.1, 0.15) is 0 Å². The van der Waals surface area contributed by atoms with Crippen LogP contribution in [0.25, 0.3) is 0 Å². The Morgan fingerprint density at radius 3 is 2.74 bits per heavy atom. The maximum atomic E-state index is 11.2. The van der Waals surface area contributed by atoms with Crippen LogP contribution >= 0.6 is 0 Å². The number of aliphatic hydroxyl groups excluding tert-OH is 3. The van der Waals surface area contributed by atoms with Crippen molar-refractivity contribution >= 4 is 11.4 Å². The Hall–Kier alpha value is -1.54. The Morgan fingerprint density at radius 2 is 2.05 bits per heavy atom. The fraction of sp³-hybridized carbons (Fsp3) is 0.500. The van der Waals surface area contributed by atoms with E-state index in [-0.39, 0.29) is 6.61 Å². The molecule has 0 radical (unpaired) electrons. The molecule has 0 aromatic heterocycles. The van der Waals surface area contributed by atoms with E-state index in [9.17, 15) is 20.2 Å². The van der Waals surface area contributed by atoms with Crippen molar-refractivity contribution in [1.82, 2.24) is 0 Å². The third-order valence-electron chi connectivity index (χ3n) is 3.02. The van der Waals surface area contributed by atoms with E-state index < -0.39 is 24.5 Å². The van der Waals surface area contributed by atoms with E-state index in [1.54, 1.807) is 24.3 Å². The van der Waals surface area contributed by atoms with Gasteiger partial charge in [-0.05, 0) is 6.07 Å². The van der Waals surface area contributed by atoms with Gasteiger partial charge < -0.3 is 25.4 Å². The third-order valence-corrected chi connectivity index (χ3v) is 3.02. The van der Waals surface area contributed by atoms with Crippen molar-refractivity contribution < 1.29 is 24.8 Å². The fourth-order valence-electron chi connectivity index (χ4n) is 1.89. The van der Waals surface area contributed by atoms with Gasteiger partial charge in [0.05, 0.1) is 6.61 Å². The molecular weight excluding hydrogens is 252 g/mol. The quantitative estimate of drug-likeness (QED) is 0.556. The van der Waals surface area contributed by atoms with Gasteiger partial charge in [-0.1, -0.05) is 6.07 Å². The summed E-state index contributed by atoms with van der Waals surface area (Å²) in [7, 11) is 1.38. The summed E-state index contributed by atoms with van der Waals surface area (Å²) in [5, 5.41) is 31.5. The molecule has 0 amide bonds.